The van der Waals surface area contributed by atoms with Gasteiger partial charge < -0.3 is 5.11 Å². The van der Waals surface area contributed by atoms with Crippen LogP contribution in [0.4, 0.5) is 0 Å². The molecule has 5 nitrogen and oxygen atoms in total. The van der Waals surface area contributed by atoms with Crippen molar-refractivity contribution >= 4 is 16.0 Å². The number of hydrogen-bond acceptors (Lipinski definition) is 3. The van der Waals surface area contributed by atoms with Crippen molar-refractivity contribution in [1.82, 2.24) is 4.72 Å². The average molecular weight is 311 g/mol. The molecule has 0 aromatic heterocycles. The number of carbonyl (C=O) groups is 1. The minimum atomic E-state index is -3.70. The Balaban J connectivity index is 2.29. The summed E-state index contributed by atoms with van der Waals surface area (Å²) in [5.74, 6) is -0.951. The van der Waals surface area contributed by atoms with Gasteiger partial charge in [0.25, 0.3) is 0 Å². The zero-order valence-corrected chi connectivity index (χ0v) is 13.3. The first-order valence-corrected chi connectivity index (χ1v) is 8.48. The maximum absolute atomic E-state index is 12.5. The second-order valence-corrected chi connectivity index (χ2v) is 7.75. The summed E-state index contributed by atoms with van der Waals surface area (Å²) < 4.78 is 27.5. The quantitative estimate of drug-likeness (QED) is 0.893. The SMILES string of the molecule is Cc1ccc(S(=O)(=O)NC2CCCC2(C)C(=O)O)cc1C. The van der Waals surface area contributed by atoms with Gasteiger partial charge in [-0.3, -0.25) is 4.79 Å². The molecule has 1 aromatic rings. The molecular weight excluding hydrogens is 290 g/mol. The second-order valence-electron chi connectivity index (χ2n) is 6.03. The predicted octanol–water partition coefficient (Wildman–Crippen LogP) is 2.23. The lowest BCUT2D eigenvalue weighted by Gasteiger charge is -2.27. The van der Waals surface area contributed by atoms with Crippen molar-refractivity contribution in [3.8, 4) is 0 Å². The maximum atomic E-state index is 12.5. The number of aliphatic carboxylic acids is 1. The molecule has 1 aliphatic rings. The lowest BCUT2D eigenvalue weighted by molar-refractivity contribution is -0.148. The largest absolute Gasteiger partial charge is 0.481 e. The first-order chi connectivity index (χ1) is 9.67. The van der Waals surface area contributed by atoms with E-state index in [0.717, 1.165) is 11.1 Å². The molecule has 1 saturated carbocycles. The first-order valence-electron chi connectivity index (χ1n) is 7.00. The van der Waals surface area contributed by atoms with Crippen molar-refractivity contribution in [3.05, 3.63) is 29.3 Å². The molecule has 0 heterocycles. The van der Waals surface area contributed by atoms with Crippen molar-refractivity contribution in [3.63, 3.8) is 0 Å². The van der Waals surface area contributed by atoms with Crippen LogP contribution < -0.4 is 4.72 Å². The number of nitrogens with one attached hydrogen (secondary N) is 1. The van der Waals surface area contributed by atoms with Crippen LogP contribution in [0.5, 0.6) is 0 Å². The summed E-state index contributed by atoms with van der Waals surface area (Å²) in [6.45, 7) is 5.37. The highest BCUT2D eigenvalue weighted by Crippen LogP contribution is 2.39. The van der Waals surface area contributed by atoms with E-state index in [-0.39, 0.29) is 4.90 Å². The number of carboxylic acids is 1. The Kier molecular flexibility index (Phi) is 4.13. The van der Waals surface area contributed by atoms with Crippen LogP contribution in [-0.2, 0) is 14.8 Å². The predicted molar refractivity (Wildman–Crippen MR) is 79.6 cm³/mol. The van der Waals surface area contributed by atoms with Crippen molar-refractivity contribution in [1.29, 1.82) is 0 Å². The molecule has 21 heavy (non-hydrogen) atoms. The van der Waals surface area contributed by atoms with Gasteiger partial charge in [0.2, 0.25) is 10.0 Å². The zero-order valence-electron chi connectivity index (χ0n) is 12.5. The van der Waals surface area contributed by atoms with Crippen LogP contribution in [0.15, 0.2) is 23.1 Å². The molecule has 1 aliphatic carbocycles. The second kappa shape index (κ2) is 5.42. The van der Waals surface area contributed by atoms with E-state index < -0.39 is 27.4 Å². The van der Waals surface area contributed by atoms with Gasteiger partial charge in [-0.05, 0) is 56.9 Å². The van der Waals surface area contributed by atoms with E-state index >= 15 is 0 Å². The summed E-state index contributed by atoms with van der Waals surface area (Å²) >= 11 is 0. The fourth-order valence-electron chi connectivity index (χ4n) is 2.75. The van der Waals surface area contributed by atoms with Gasteiger partial charge in [-0.1, -0.05) is 12.5 Å². The van der Waals surface area contributed by atoms with Crippen molar-refractivity contribution in [2.75, 3.05) is 0 Å². The molecule has 1 fully saturated rings. The Hall–Kier alpha value is -1.40. The summed E-state index contributed by atoms with van der Waals surface area (Å²) in [5, 5.41) is 9.36. The number of hydrogen-bond donors (Lipinski definition) is 2. The Morgan fingerprint density at radius 2 is 2.00 bits per heavy atom. The minimum absolute atomic E-state index is 0.185. The van der Waals surface area contributed by atoms with Gasteiger partial charge in [0, 0.05) is 6.04 Å². The van der Waals surface area contributed by atoms with Crippen LogP contribution >= 0.6 is 0 Å². The van der Waals surface area contributed by atoms with Gasteiger partial charge in [-0.25, -0.2) is 13.1 Å². The van der Waals surface area contributed by atoms with E-state index in [4.69, 9.17) is 0 Å². The number of rotatable bonds is 4. The highest BCUT2D eigenvalue weighted by Gasteiger charge is 2.46. The highest BCUT2D eigenvalue weighted by molar-refractivity contribution is 7.89. The van der Waals surface area contributed by atoms with Crippen LogP contribution in [-0.4, -0.2) is 25.5 Å². The molecular formula is C15H21NO4S. The van der Waals surface area contributed by atoms with Gasteiger partial charge in [0.1, 0.15) is 0 Å². The molecule has 116 valence electrons. The van der Waals surface area contributed by atoms with Gasteiger partial charge in [0.15, 0.2) is 0 Å². The standard InChI is InChI=1S/C15H21NO4S/c1-10-6-7-12(9-11(10)2)21(19,20)16-13-5-4-8-15(13,3)14(17)18/h6-7,9,13,16H,4-5,8H2,1-3H3,(H,17,18). The molecule has 2 N–H and O–H groups in total. The highest BCUT2D eigenvalue weighted by atomic mass is 32.2. The third-order valence-corrected chi connectivity index (χ3v) is 6.00. The number of benzene rings is 1. The van der Waals surface area contributed by atoms with Gasteiger partial charge in [-0.2, -0.15) is 0 Å². The van der Waals surface area contributed by atoms with Crippen LogP contribution in [0.2, 0.25) is 0 Å². The molecule has 2 rings (SSSR count). The van der Waals surface area contributed by atoms with Gasteiger partial charge in [0.05, 0.1) is 10.3 Å². The minimum Gasteiger partial charge on any atom is -0.481 e. The fraction of sp³-hybridized carbons (Fsp3) is 0.533. The van der Waals surface area contributed by atoms with Crippen molar-refractivity contribution in [2.24, 2.45) is 5.41 Å². The molecule has 0 saturated heterocycles. The van der Waals surface area contributed by atoms with Crippen LogP contribution in [0.1, 0.15) is 37.3 Å². The molecule has 0 radical (unpaired) electrons. The summed E-state index contributed by atoms with van der Waals surface area (Å²) in [5.41, 5.74) is 0.878. The average Bonchev–Trinajstić information content (AvgIpc) is 2.75. The smallest absolute Gasteiger partial charge is 0.310 e. The Morgan fingerprint density at radius 1 is 1.33 bits per heavy atom. The molecule has 2 unspecified atom stereocenters. The Labute approximate surface area is 125 Å². The van der Waals surface area contributed by atoms with Gasteiger partial charge in [-0.15, -0.1) is 0 Å². The molecule has 0 spiro atoms. The molecule has 2 atom stereocenters. The lowest BCUT2D eigenvalue weighted by atomic mass is 9.85. The topological polar surface area (TPSA) is 83.5 Å². The molecule has 6 heteroatoms. The molecule has 0 aliphatic heterocycles. The number of carboxylic acid groups (broad SMARTS) is 1. The maximum Gasteiger partial charge on any atom is 0.310 e. The van der Waals surface area contributed by atoms with E-state index in [1.54, 1.807) is 25.1 Å². The van der Waals surface area contributed by atoms with Crippen LogP contribution in [0.25, 0.3) is 0 Å². The van der Waals surface area contributed by atoms with Crippen LogP contribution in [0, 0.1) is 19.3 Å². The Bertz CT molecular complexity index is 668. The van der Waals surface area contributed by atoms with E-state index in [0.29, 0.717) is 19.3 Å². The summed E-state index contributed by atoms with van der Waals surface area (Å²) in [6, 6.07) is 4.36. The van der Waals surface area contributed by atoms with E-state index in [1.807, 2.05) is 13.8 Å². The third kappa shape index (κ3) is 2.96. The third-order valence-electron chi connectivity index (χ3n) is 4.53. The Morgan fingerprint density at radius 3 is 2.57 bits per heavy atom. The number of sulfonamides is 1. The van der Waals surface area contributed by atoms with Gasteiger partial charge >= 0.3 is 5.97 Å². The van der Waals surface area contributed by atoms with Crippen molar-refractivity contribution in [2.45, 2.75) is 51.0 Å². The zero-order chi connectivity index (χ0) is 15.8. The summed E-state index contributed by atoms with van der Waals surface area (Å²) in [7, 11) is -3.70. The molecule has 0 amide bonds. The van der Waals surface area contributed by atoms with E-state index in [2.05, 4.69) is 4.72 Å². The van der Waals surface area contributed by atoms with Crippen LogP contribution in [0.3, 0.4) is 0 Å². The fourth-order valence-corrected chi connectivity index (χ4v) is 4.22. The molecule has 0 bridgehead atoms. The summed E-state index contributed by atoms with van der Waals surface area (Å²) in [4.78, 5) is 11.6. The monoisotopic (exact) mass is 311 g/mol. The first kappa shape index (κ1) is 16.0. The van der Waals surface area contributed by atoms with E-state index in [1.165, 1.54) is 0 Å². The lowest BCUT2D eigenvalue weighted by Crippen LogP contribution is -2.46. The number of aryl methyl sites for hydroxylation is 2. The molecule has 1 aromatic carbocycles. The van der Waals surface area contributed by atoms with Crippen molar-refractivity contribution < 1.29 is 18.3 Å². The summed E-state index contributed by atoms with van der Waals surface area (Å²) in [6.07, 6.45) is 1.75. The van der Waals surface area contributed by atoms with E-state index in [9.17, 15) is 18.3 Å². The normalized spacial score (nSPS) is 26.0.